The van der Waals surface area contributed by atoms with Crippen molar-refractivity contribution in [1.29, 1.82) is 0 Å². The lowest BCUT2D eigenvalue weighted by molar-refractivity contribution is 0.0396. The zero-order valence-electron chi connectivity index (χ0n) is 16.2. The smallest absolute Gasteiger partial charge is 0.0832 e. The van der Waals surface area contributed by atoms with Crippen LogP contribution in [0, 0.1) is 6.92 Å². The second-order valence-electron chi connectivity index (χ2n) is 9.01. The second-order valence-corrected chi connectivity index (χ2v) is 9.01. The Morgan fingerprint density at radius 3 is 2.56 bits per heavy atom. The molecule has 2 aliphatic carbocycles. The first kappa shape index (κ1) is 17.4. The third-order valence-electron chi connectivity index (χ3n) is 7.15. The molecule has 0 unspecified atom stereocenters. The summed E-state index contributed by atoms with van der Waals surface area (Å²) >= 11 is 0. The van der Waals surface area contributed by atoms with Gasteiger partial charge in [0.1, 0.15) is 0 Å². The van der Waals surface area contributed by atoms with Gasteiger partial charge in [0.2, 0.25) is 0 Å². The van der Waals surface area contributed by atoms with Crippen molar-refractivity contribution in [2.24, 2.45) is 0 Å². The van der Waals surface area contributed by atoms with Gasteiger partial charge in [0, 0.05) is 11.0 Å². The van der Waals surface area contributed by atoms with Crippen LogP contribution in [0.2, 0.25) is 0 Å². The Bertz CT molecular complexity index is 836. The first-order valence-electron chi connectivity index (χ1n) is 10.4. The molecule has 0 amide bonds. The van der Waals surface area contributed by atoms with E-state index in [4.69, 9.17) is 0 Å². The molecule has 1 saturated heterocycles. The quantitative estimate of drug-likeness (QED) is 0.781. The van der Waals surface area contributed by atoms with Gasteiger partial charge in [0.05, 0.1) is 12.1 Å². The molecule has 3 nitrogen and oxygen atoms in total. The SMILES string of the molecule is Cc1cccc(CC2(N[C@H]3c4ccccc4C4(CCNCC4)[C@@H]3O)CC2)c1. The molecular weight excluding hydrogens is 332 g/mol. The standard InChI is InChI=1S/C24H30N2O/c1-17-5-4-6-18(15-17)16-23(9-10-23)26-21-19-7-2-3-8-20(19)24(22(21)27)11-13-25-14-12-24/h2-8,15,21-22,25-27H,9-14,16H2,1H3/t21-,22+/m0/s1. The fraction of sp³-hybridized carbons (Fsp3) is 0.500. The van der Waals surface area contributed by atoms with Crippen molar-refractivity contribution in [2.45, 2.75) is 62.1 Å². The molecule has 142 valence electrons. The highest BCUT2D eigenvalue weighted by molar-refractivity contribution is 5.46. The van der Waals surface area contributed by atoms with Crippen LogP contribution in [0.3, 0.4) is 0 Å². The molecule has 3 aliphatic rings. The third kappa shape index (κ3) is 2.93. The van der Waals surface area contributed by atoms with E-state index in [1.54, 1.807) is 0 Å². The van der Waals surface area contributed by atoms with Gasteiger partial charge in [0.25, 0.3) is 0 Å². The summed E-state index contributed by atoms with van der Waals surface area (Å²) in [5.41, 5.74) is 5.48. The fourth-order valence-electron chi connectivity index (χ4n) is 5.53. The van der Waals surface area contributed by atoms with Gasteiger partial charge in [-0.15, -0.1) is 0 Å². The largest absolute Gasteiger partial charge is 0.390 e. The van der Waals surface area contributed by atoms with E-state index in [0.29, 0.717) is 0 Å². The molecule has 2 aromatic carbocycles. The number of rotatable bonds is 4. The normalized spacial score (nSPS) is 27.5. The van der Waals surface area contributed by atoms with Crippen LogP contribution in [0.1, 0.15) is 54.0 Å². The minimum Gasteiger partial charge on any atom is -0.390 e. The Kier molecular flexibility index (Phi) is 4.15. The van der Waals surface area contributed by atoms with Crippen molar-refractivity contribution in [1.82, 2.24) is 10.6 Å². The summed E-state index contributed by atoms with van der Waals surface area (Å²) in [6, 6.07) is 17.7. The van der Waals surface area contributed by atoms with Crippen molar-refractivity contribution < 1.29 is 5.11 Å². The zero-order valence-corrected chi connectivity index (χ0v) is 16.2. The van der Waals surface area contributed by atoms with E-state index in [9.17, 15) is 5.11 Å². The number of aliphatic hydroxyl groups is 1. The van der Waals surface area contributed by atoms with Gasteiger partial charge < -0.3 is 15.7 Å². The molecular formula is C24H30N2O. The van der Waals surface area contributed by atoms with Crippen LogP contribution in [0.25, 0.3) is 0 Å². The Balaban J connectivity index is 1.43. The number of aryl methyl sites for hydroxylation is 1. The van der Waals surface area contributed by atoms with E-state index in [2.05, 4.69) is 66.1 Å². The lowest BCUT2D eigenvalue weighted by Gasteiger charge is -2.39. The highest BCUT2D eigenvalue weighted by Gasteiger charge is 2.55. The van der Waals surface area contributed by atoms with Gasteiger partial charge >= 0.3 is 0 Å². The zero-order chi connectivity index (χ0) is 18.5. The first-order chi connectivity index (χ1) is 13.1. The molecule has 3 N–H and O–H groups in total. The fourth-order valence-corrected chi connectivity index (χ4v) is 5.53. The Morgan fingerprint density at radius 1 is 1.04 bits per heavy atom. The van der Waals surface area contributed by atoms with Crippen molar-refractivity contribution in [2.75, 3.05) is 13.1 Å². The van der Waals surface area contributed by atoms with E-state index in [1.165, 1.54) is 35.1 Å². The van der Waals surface area contributed by atoms with Crippen molar-refractivity contribution in [3.63, 3.8) is 0 Å². The van der Waals surface area contributed by atoms with E-state index in [1.807, 2.05) is 0 Å². The lowest BCUT2D eigenvalue weighted by atomic mass is 9.72. The predicted molar refractivity (Wildman–Crippen MR) is 109 cm³/mol. The van der Waals surface area contributed by atoms with Gasteiger partial charge in [-0.1, -0.05) is 54.1 Å². The van der Waals surface area contributed by atoms with E-state index in [-0.39, 0.29) is 23.1 Å². The second kappa shape index (κ2) is 6.44. The van der Waals surface area contributed by atoms with Gasteiger partial charge in [-0.05, 0) is 68.8 Å². The number of benzene rings is 2. The molecule has 1 saturated carbocycles. The van der Waals surface area contributed by atoms with Gasteiger partial charge in [0.15, 0.2) is 0 Å². The van der Waals surface area contributed by atoms with E-state index in [0.717, 1.165) is 32.4 Å². The van der Waals surface area contributed by atoms with Crippen LogP contribution >= 0.6 is 0 Å². The number of fused-ring (bicyclic) bond motifs is 2. The number of hydrogen-bond acceptors (Lipinski definition) is 3. The highest BCUT2D eigenvalue weighted by Crippen LogP contribution is 2.52. The van der Waals surface area contributed by atoms with Crippen LogP contribution in [-0.4, -0.2) is 29.8 Å². The summed E-state index contributed by atoms with van der Waals surface area (Å²) in [5, 5.41) is 18.9. The number of aliphatic hydroxyl groups excluding tert-OH is 1. The molecule has 1 aliphatic heterocycles. The Hall–Kier alpha value is -1.68. The lowest BCUT2D eigenvalue weighted by Crippen LogP contribution is -2.49. The molecule has 2 fully saturated rings. The van der Waals surface area contributed by atoms with Gasteiger partial charge in [-0.2, -0.15) is 0 Å². The van der Waals surface area contributed by atoms with Crippen molar-refractivity contribution >= 4 is 0 Å². The summed E-state index contributed by atoms with van der Waals surface area (Å²) < 4.78 is 0. The predicted octanol–water partition coefficient (Wildman–Crippen LogP) is 3.40. The molecule has 27 heavy (non-hydrogen) atoms. The molecule has 5 rings (SSSR count). The minimum absolute atomic E-state index is 0.0478. The summed E-state index contributed by atoms with van der Waals surface area (Å²) in [6.07, 6.45) is 5.14. The number of hydrogen-bond donors (Lipinski definition) is 3. The van der Waals surface area contributed by atoms with Crippen LogP contribution in [-0.2, 0) is 11.8 Å². The van der Waals surface area contributed by atoms with Gasteiger partial charge in [-0.25, -0.2) is 0 Å². The van der Waals surface area contributed by atoms with E-state index >= 15 is 0 Å². The number of nitrogens with one attached hydrogen (secondary N) is 2. The molecule has 1 heterocycles. The topological polar surface area (TPSA) is 44.3 Å². The average Bonchev–Trinajstić information content (AvgIpc) is 3.41. The molecule has 2 atom stereocenters. The first-order valence-corrected chi connectivity index (χ1v) is 10.4. The molecule has 0 aromatic heterocycles. The molecule has 3 heteroatoms. The van der Waals surface area contributed by atoms with Crippen LogP contribution in [0.4, 0.5) is 0 Å². The summed E-state index contributed by atoms with van der Waals surface area (Å²) in [5.74, 6) is 0. The molecule has 0 radical (unpaired) electrons. The van der Waals surface area contributed by atoms with E-state index < -0.39 is 0 Å². The van der Waals surface area contributed by atoms with Crippen LogP contribution in [0.15, 0.2) is 48.5 Å². The maximum Gasteiger partial charge on any atom is 0.0832 e. The minimum atomic E-state index is -0.341. The maximum atomic E-state index is 11.5. The van der Waals surface area contributed by atoms with Crippen LogP contribution < -0.4 is 10.6 Å². The molecule has 2 aromatic rings. The number of piperidine rings is 1. The summed E-state index contributed by atoms with van der Waals surface area (Å²) in [4.78, 5) is 0. The summed E-state index contributed by atoms with van der Waals surface area (Å²) in [7, 11) is 0. The van der Waals surface area contributed by atoms with Gasteiger partial charge in [-0.3, -0.25) is 0 Å². The van der Waals surface area contributed by atoms with Crippen molar-refractivity contribution in [3.8, 4) is 0 Å². The maximum absolute atomic E-state index is 11.5. The average molecular weight is 363 g/mol. The molecule has 0 bridgehead atoms. The molecule has 1 spiro atoms. The Morgan fingerprint density at radius 2 is 1.81 bits per heavy atom. The monoisotopic (exact) mass is 362 g/mol. The third-order valence-corrected chi connectivity index (χ3v) is 7.15. The highest BCUT2D eigenvalue weighted by atomic mass is 16.3. The summed E-state index contributed by atoms with van der Waals surface area (Å²) in [6.45, 7) is 4.15. The van der Waals surface area contributed by atoms with Crippen molar-refractivity contribution in [3.05, 3.63) is 70.8 Å². The Labute approximate surface area is 162 Å². The van der Waals surface area contributed by atoms with Crippen LogP contribution in [0.5, 0.6) is 0 Å².